The van der Waals surface area contributed by atoms with Crippen molar-refractivity contribution in [2.24, 2.45) is 10.9 Å². The molecule has 0 saturated heterocycles. The van der Waals surface area contributed by atoms with Crippen LogP contribution in [0.25, 0.3) is 5.70 Å². The van der Waals surface area contributed by atoms with E-state index < -0.39 is 0 Å². The van der Waals surface area contributed by atoms with Gasteiger partial charge in [0.25, 0.3) is 0 Å². The highest BCUT2D eigenvalue weighted by Crippen LogP contribution is 2.19. The van der Waals surface area contributed by atoms with Gasteiger partial charge < -0.3 is 0 Å². The monoisotopic (exact) mass is 266 g/mol. The second kappa shape index (κ2) is 11.6. The molecule has 4 nitrogen and oxygen atoms in total. The molecule has 0 aliphatic rings. The van der Waals surface area contributed by atoms with Crippen LogP contribution < -0.4 is 0 Å². The van der Waals surface area contributed by atoms with Crippen molar-refractivity contribution in [3.8, 4) is 0 Å². The third-order valence-corrected chi connectivity index (χ3v) is 2.45. The number of rotatable bonds is 3. The van der Waals surface area contributed by atoms with E-state index in [9.17, 15) is 0 Å². The minimum Gasteiger partial charge on any atom is -0.293 e. The lowest BCUT2D eigenvalue weighted by molar-refractivity contribution is 0.779. The molecular formula is C15H30N4. The lowest BCUT2D eigenvalue weighted by atomic mass is 9.97. The maximum absolute atomic E-state index is 4.24. The molecule has 0 unspecified atom stereocenters. The van der Waals surface area contributed by atoms with Gasteiger partial charge in [-0.1, -0.05) is 41.5 Å². The molecule has 0 aliphatic carbocycles. The summed E-state index contributed by atoms with van der Waals surface area (Å²) in [6, 6.07) is 0. The normalized spacial score (nSPS) is 12.0. The molecule has 0 saturated carbocycles. The van der Waals surface area contributed by atoms with Crippen LogP contribution >= 0.6 is 0 Å². The van der Waals surface area contributed by atoms with Gasteiger partial charge in [0, 0.05) is 18.5 Å². The Kier molecular flexibility index (Phi) is 12.2. The molecule has 4 heteroatoms. The van der Waals surface area contributed by atoms with Crippen LogP contribution in [-0.4, -0.2) is 27.5 Å². The van der Waals surface area contributed by atoms with Gasteiger partial charge in [-0.05, 0) is 25.3 Å². The minimum absolute atomic E-state index is 0.429. The van der Waals surface area contributed by atoms with Gasteiger partial charge in [-0.15, -0.1) is 0 Å². The van der Waals surface area contributed by atoms with Crippen LogP contribution in [0.2, 0.25) is 0 Å². The van der Waals surface area contributed by atoms with Crippen LogP contribution in [0.3, 0.4) is 0 Å². The molecule has 1 rings (SSSR count). The zero-order valence-electron chi connectivity index (χ0n) is 14.0. The molecular weight excluding hydrogens is 236 g/mol. The van der Waals surface area contributed by atoms with Crippen LogP contribution in [-0.2, 0) is 0 Å². The molecule has 19 heavy (non-hydrogen) atoms. The van der Waals surface area contributed by atoms with Crippen molar-refractivity contribution < 1.29 is 0 Å². The predicted octanol–water partition coefficient (Wildman–Crippen LogP) is 4.31. The van der Waals surface area contributed by atoms with E-state index >= 15 is 0 Å². The zero-order chi connectivity index (χ0) is 15.4. The Morgan fingerprint density at radius 1 is 1.11 bits per heavy atom. The molecule has 0 aliphatic heterocycles. The molecule has 0 fully saturated rings. The van der Waals surface area contributed by atoms with E-state index in [-0.39, 0.29) is 0 Å². The third-order valence-electron chi connectivity index (χ3n) is 2.45. The van der Waals surface area contributed by atoms with E-state index in [0.29, 0.717) is 5.92 Å². The number of hydrogen-bond acceptors (Lipinski definition) is 3. The summed E-state index contributed by atoms with van der Waals surface area (Å²) in [5.41, 5.74) is 3.37. The second-order valence-corrected chi connectivity index (χ2v) is 3.80. The summed E-state index contributed by atoms with van der Waals surface area (Å²) < 4.78 is 1.78. The van der Waals surface area contributed by atoms with Crippen LogP contribution in [0.5, 0.6) is 0 Å². The van der Waals surface area contributed by atoms with E-state index in [0.717, 1.165) is 11.4 Å². The van der Waals surface area contributed by atoms with Crippen LogP contribution in [0.1, 0.15) is 55.4 Å². The van der Waals surface area contributed by atoms with Crippen molar-refractivity contribution in [3.63, 3.8) is 0 Å². The highest BCUT2D eigenvalue weighted by atomic mass is 15.3. The summed E-state index contributed by atoms with van der Waals surface area (Å²) in [5, 5.41) is 4.13. The van der Waals surface area contributed by atoms with Crippen molar-refractivity contribution in [1.82, 2.24) is 14.8 Å². The summed E-state index contributed by atoms with van der Waals surface area (Å²) in [4.78, 5) is 8.19. The quantitative estimate of drug-likeness (QED) is 0.765. The highest BCUT2D eigenvalue weighted by molar-refractivity contribution is 6.02. The molecule has 0 aromatic carbocycles. The maximum Gasteiger partial charge on any atom is 0.138 e. The topological polar surface area (TPSA) is 43.1 Å². The predicted molar refractivity (Wildman–Crippen MR) is 85.5 cm³/mol. The first kappa shape index (κ1) is 19.9. The average Bonchev–Trinajstić information content (AvgIpc) is 2.96. The van der Waals surface area contributed by atoms with Gasteiger partial charge in [-0.25, -0.2) is 9.67 Å². The molecule has 1 heterocycles. The lowest BCUT2D eigenvalue weighted by Gasteiger charge is -2.15. The number of aliphatic imine (C=N–C) groups is 1. The minimum atomic E-state index is 0.429. The van der Waals surface area contributed by atoms with Crippen molar-refractivity contribution >= 4 is 11.4 Å². The first-order chi connectivity index (χ1) is 9.07. The average molecular weight is 266 g/mol. The summed E-state index contributed by atoms with van der Waals surface area (Å²) in [7, 11) is 1.81. The molecule has 0 N–H and O–H groups in total. The number of nitrogens with zero attached hydrogens (tertiary/aromatic N) is 4. The van der Waals surface area contributed by atoms with E-state index in [1.807, 2.05) is 48.6 Å². The molecule has 0 radical (unpaired) electrons. The van der Waals surface area contributed by atoms with Crippen molar-refractivity contribution in [2.45, 2.75) is 55.4 Å². The van der Waals surface area contributed by atoms with Crippen LogP contribution in [0.15, 0.2) is 23.2 Å². The van der Waals surface area contributed by atoms with Gasteiger partial charge in [0.15, 0.2) is 0 Å². The lowest BCUT2D eigenvalue weighted by Crippen LogP contribution is -2.10. The molecule has 110 valence electrons. The van der Waals surface area contributed by atoms with E-state index in [2.05, 4.69) is 28.9 Å². The van der Waals surface area contributed by atoms with Gasteiger partial charge >= 0.3 is 0 Å². The van der Waals surface area contributed by atoms with Gasteiger partial charge in [0.1, 0.15) is 12.7 Å². The molecule has 0 amide bonds. The Morgan fingerprint density at radius 2 is 1.63 bits per heavy atom. The van der Waals surface area contributed by atoms with E-state index in [1.54, 1.807) is 17.3 Å². The Hall–Kier alpha value is -1.45. The maximum atomic E-state index is 4.24. The highest BCUT2D eigenvalue weighted by Gasteiger charge is 2.12. The first-order valence-electron chi connectivity index (χ1n) is 7.07. The van der Waals surface area contributed by atoms with Crippen molar-refractivity contribution in [2.75, 3.05) is 7.05 Å². The molecule has 0 spiro atoms. The molecule has 0 atom stereocenters. The van der Waals surface area contributed by atoms with E-state index in [1.165, 1.54) is 5.57 Å². The Balaban J connectivity index is 0. The Labute approximate surface area is 118 Å². The van der Waals surface area contributed by atoms with Gasteiger partial charge in [-0.3, -0.25) is 4.99 Å². The van der Waals surface area contributed by atoms with Crippen molar-refractivity contribution in [1.29, 1.82) is 0 Å². The van der Waals surface area contributed by atoms with Crippen molar-refractivity contribution in [3.05, 3.63) is 18.2 Å². The number of allylic oxidation sites excluding steroid dienone is 2. The molecule has 1 aromatic rings. The fraction of sp³-hybridized carbons (Fsp3) is 0.667. The third kappa shape index (κ3) is 6.32. The number of hydrogen-bond donors (Lipinski definition) is 0. The molecule has 0 bridgehead atoms. The SMILES string of the molecule is CC.CC.CN=C(C)/C(=C(\C)n1cncn1)C(C)C. The smallest absolute Gasteiger partial charge is 0.138 e. The summed E-state index contributed by atoms with van der Waals surface area (Å²) in [6.07, 6.45) is 3.25. The Morgan fingerprint density at radius 3 is 1.95 bits per heavy atom. The molecule has 1 aromatic heterocycles. The fourth-order valence-electron chi connectivity index (χ4n) is 1.72. The standard InChI is InChI=1S/C11H18N4.2C2H6/c1-8(2)11(9(3)12-5)10(4)15-7-13-6-14-15;2*1-2/h6-8H,1-5H3;2*1-2H3/b11-10+,12-9?;;. The van der Waals surface area contributed by atoms with E-state index in [4.69, 9.17) is 0 Å². The number of aromatic nitrogens is 3. The van der Waals surface area contributed by atoms with Gasteiger partial charge in [0.2, 0.25) is 0 Å². The first-order valence-corrected chi connectivity index (χ1v) is 7.07. The largest absolute Gasteiger partial charge is 0.293 e. The van der Waals surface area contributed by atoms with Gasteiger partial charge in [-0.2, -0.15) is 5.10 Å². The van der Waals surface area contributed by atoms with Gasteiger partial charge in [0.05, 0.1) is 0 Å². The van der Waals surface area contributed by atoms with Crippen LogP contribution in [0.4, 0.5) is 0 Å². The second-order valence-electron chi connectivity index (χ2n) is 3.80. The fourth-order valence-corrected chi connectivity index (χ4v) is 1.72. The summed E-state index contributed by atoms with van der Waals surface area (Å²) in [6.45, 7) is 16.4. The Bertz CT molecular complexity index is 373. The van der Waals surface area contributed by atoms with Crippen LogP contribution in [0, 0.1) is 5.92 Å². The summed E-state index contributed by atoms with van der Waals surface area (Å²) in [5.74, 6) is 0.429. The summed E-state index contributed by atoms with van der Waals surface area (Å²) >= 11 is 0. The zero-order valence-corrected chi connectivity index (χ0v) is 14.0.